The van der Waals surface area contributed by atoms with Gasteiger partial charge in [0.1, 0.15) is 0 Å². The Labute approximate surface area is 99.0 Å². The van der Waals surface area contributed by atoms with Crippen LogP contribution in [0.2, 0.25) is 0 Å². The van der Waals surface area contributed by atoms with E-state index >= 15 is 0 Å². The summed E-state index contributed by atoms with van der Waals surface area (Å²) < 4.78 is 5.39. The topological polar surface area (TPSA) is 44.7 Å². The number of aliphatic hydroxyl groups is 1. The monoisotopic (exact) mass is 230 g/mol. The average molecular weight is 230 g/mol. The average Bonchev–Trinajstić information content (AvgIpc) is 2.19. The largest absolute Gasteiger partial charge is 0.388 e. The number of ether oxygens (including phenoxy) is 1. The van der Waals surface area contributed by atoms with Crippen LogP contribution in [0.15, 0.2) is 0 Å². The van der Waals surface area contributed by atoms with Crippen LogP contribution < -0.4 is 5.32 Å². The highest BCUT2D eigenvalue weighted by Crippen LogP contribution is 2.12. The van der Waals surface area contributed by atoms with Crippen LogP contribution in [0.3, 0.4) is 0 Å². The van der Waals surface area contributed by atoms with Crippen molar-refractivity contribution in [2.45, 2.75) is 45.4 Å². The van der Waals surface area contributed by atoms with Crippen molar-refractivity contribution in [1.29, 1.82) is 0 Å². The van der Waals surface area contributed by atoms with Gasteiger partial charge in [0.2, 0.25) is 0 Å². The van der Waals surface area contributed by atoms with E-state index in [-0.39, 0.29) is 0 Å². The molecule has 0 aliphatic carbocycles. The molecule has 16 heavy (non-hydrogen) atoms. The standard InChI is InChI=1S/C12H26N2O2/c1-10(2)13-8-12(4,15)9-14-5-6-16-7-11(14)3/h10-11,13,15H,5-9H2,1-4H3. The third-order valence-corrected chi connectivity index (χ3v) is 2.94. The Kier molecular flexibility index (Phi) is 5.18. The normalized spacial score (nSPS) is 27.0. The highest BCUT2D eigenvalue weighted by atomic mass is 16.5. The molecule has 0 bridgehead atoms. The van der Waals surface area contributed by atoms with E-state index in [1.54, 1.807) is 0 Å². The summed E-state index contributed by atoms with van der Waals surface area (Å²) in [6.07, 6.45) is 0. The molecule has 0 radical (unpaired) electrons. The molecule has 4 nitrogen and oxygen atoms in total. The smallest absolute Gasteiger partial charge is 0.0869 e. The van der Waals surface area contributed by atoms with Gasteiger partial charge >= 0.3 is 0 Å². The van der Waals surface area contributed by atoms with Gasteiger partial charge in [0, 0.05) is 31.7 Å². The summed E-state index contributed by atoms with van der Waals surface area (Å²) >= 11 is 0. The van der Waals surface area contributed by atoms with Gasteiger partial charge in [0.05, 0.1) is 18.8 Å². The van der Waals surface area contributed by atoms with Gasteiger partial charge in [-0.3, -0.25) is 4.90 Å². The number of nitrogens with zero attached hydrogens (tertiary/aromatic N) is 1. The molecule has 1 saturated heterocycles. The summed E-state index contributed by atoms with van der Waals surface area (Å²) in [5.41, 5.74) is -0.671. The molecule has 4 heteroatoms. The first-order valence-corrected chi connectivity index (χ1v) is 6.18. The Balaban J connectivity index is 2.37. The van der Waals surface area contributed by atoms with Gasteiger partial charge in [-0.2, -0.15) is 0 Å². The van der Waals surface area contributed by atoms with Crippen LogP contribution in [0.1, 0.15) is 27.7 Å². The van der Waals surface area contributed by atoms with E-state index in [0.29, 0.717) is 25.2 Å². The lowest BCUT2D eigenvalue weighted by molar-refractivity contribution is -0.0480. The highest BCUT2D eigenvalue weighted by molar-refractivity contribution is 4.84. The van der Waals surface area contributed by atoms with Crippen LogP contribution in [0.5, 0.6) is 0 Å². The van der Waals surface area contributed by atoms with Crippen LogP contribution in [0, 0.1) is 0 Å². The van der Waals surface area contributed by atoms with E-state index in [0.717, 1.165) is 19.8 Å². The first kappa shape index (κ1) is 13.9. The summed E-state index contributed by atoms with van der Waals surface area (Å²) in [6, 6.07) is 0.813. The predicted molar refractivity (Wildman–Crippen MR) is 65.6 cm³/mol. The van der Waals surface area contributed by atoms with Crippen molar-refractivity contribution in [3.63, 3.8) is 0 Å². The summed E-state index contributed by atoms with van der Waals surface area (Å²) in [5, 5.41) is 13.6. The molecule has 96 valence electrons. The fourth-order valence-electron chi connectivity index (χ4n) is 1.91. The van der Waals surface area contributed by atoms with Crippen LogP contribution in [0.25, 0.3) is 0 Å². The quantitative estimate of drug-likeness (QED) is 0.720. The molecule has 1 heterocycles. The minimum atomic E-state index is -0.671. The first-order valence-electron chi connectivity index (χ1n) is 6.18. The Morgan fingerprint density at radius 2 is 2.25 bits per heavy atom. The van der Waals surface area contributed by atoms with Gasteiger partial charge in [-0.15, -0.1) is 0 Å². The van der Waals surface area contributed by atoms with Gasteiger partial charge < -0.3 is 15.2 Å². The zero-order valence-electron chi connectivity index (χ0n) is 11.0. The van der Waals surface area contributed by atoms with E-state index in [1.807, 2.05) is 6.92 Å². The molecule has 0 saturated carbocycles. The number of nitrogens with one attached hydrogen (secondary N) is 1. The maximum atomic E-state index is 10.3. The zero-order valence-corrected chi connectivity index (χ0v) is 11.0. The Morgan fingerprint density at radius 1 is 1.56 bits per heavy atom. The summed E-state index contributed by atoms with van der Waals surface area (Å²) in [7, 11) is 0. The molecule has 1 aliphatic rings. The van der Waals surface area contributed by atoms with Crippen molar-refractivity contribution in [1.82, 2.24) is 10.2 Å². The second kappa shape index (κ2) is 5.96. The maximum Gasteiger partial charge on any atom is 0.0869 e. The lowest BCUT2D eigenvalue weighted by atomic mass is 10.0. The van der Waals surface area contributed by atoms with Gasteiger partial charge in [0.25, 0.3) is 0 Å². The molecular weight excluding hydrogens is 204 g/mol. The molecule has 1 rings (SSSR count). The third-order valence-electron chi connectivity index (χ3n) is 2.94. The van der Waals surface area contributed by atoms with E-state index in [2.05, 4.69) is 31.0 Å². The molecule has 0 spiro atoms. The van der Waals surface area contributed by atoms with E-state index < -0.39 is 5.60 Å². The SMILES string of the molecule is CC(C)NCC(C)(O)CN1CCOCC1C. The van der Waals surface area contributed by atoms with Crippen molar-refractivity contribution >= 4 is 0 Å². The molecule has 0 amide bonds. The lowest BCUT2D eigenvalue weighted by Gasteiger charge is -2.38. The Hall–Kier alpha value is -0.160. The summed E-state index contributed by atoms with van der Waals surface area (Å²) in [4.78, 5) is 2.30. The molecule has 0 aromatic carbocycles. The van der Waals surface area contributed by atoms with Crippen LogP contribution in [-0.2, 0) is 4.74 Å². The van der Waals surface area contributed by atoms with Crippen molar-refractivity contribution in [3.05, 3.63) is 0 Å². The second-order valence-corrected chi connectivity index (χ2v) is 5.43. The van der Waals surface area contributed by atoms with Gasteiger partial charge in [-0.25, -0.2) is 0 Å². The van der Waals surface area contributed by atoms with Crippen LogP contribution >= 0.6 is 0 Å². The highest BCUT2D eigenvalue weighted by Gasteiger charge is 2.28. The zero-order chi connectivity index (χ0) is 12.2. The summed E-state index contributed by atoms with van der Waals surface area (Å²) in [5.74, 6) is 0. The number of hydrogen-bond acceptors (Lipinski definition) is 4. The van der Waals surface area contributed by atoms with Gasteiger partial charge in [0.15, 0.2) is 0 Å². The summed E-state index contributed by atoms with van der Waals surface area (Å²) in [6.45, 7) is 12.0. The number of rotatable bonds is 5. The Morgan fingerprint density at radius 3 is 2.81 bits per heavy atom. The molecule has 2 N–H and O–H groups in total. The molecule has 2 atom stereocenters. The molecule has 2 unspecified atom stereocenters. The van der Waals surface area contributed by atoms with Crippen LogP contribution in [0.4, 0.5) is 0 Å². The molecule has 1 fully saturated rings. The Bertz CT molecular complexity index is 207. The number of β-amino-alcohol motifs (C(OH)–C–C–N with tert-alkyl or cyclic N) is 1. The van der Waals surface area contributed by atoms with Crippen molar-refractivity contribution in [2.75, 3.05) is 32.8 Å². The predicted octanol–water partition coefficient (Wildman–Crippen LogP) is 0.456. The fourth-order valence-corrected chi connectivity index (χ4v) is 1.91. The second-order valence-electron chi connectivity index (χ2n) is 5.43. The minimum Gasteiger partial charge on any atom is -0.388 e. The lowest BCUT2D eigenvalue weighted by Crippen LogP contribution is -2.54. The van der Waals surface area contributed by atoms with E-state index in [9.17, 15) is 5.11 Å². The fraction of sp³-hybridized carbons (Fsp3) is 1.00. The van der Waals surface area contributed by atoms with E-state index in [4.69, 9.17) is 4.74 Å². The van der Waals surface area contributed by atoms with Gasteiger partial charge in [-0.1, -0.05) is 13.8 Å². The number of morpholine rings is 1. The van der Waals surface area contributed by atoms with Crippen molar-refractivity contribution < 1.29 is 9.84 Å². The minimum absolute atomic E-state index is 0.402. The van der Waals surface area contributed by atoms with E-state index in [1.165, 1.54) is 0 Å². The van der Waals surface area contributed by atoms with Crippen molar-refractivity contribution in [2.24, 2.45) is 0 Å². The van der Waals surface area contributed by atoms with Crippen molar-refractivity contribution in [3.8, 4) is 0 Å². The van der Waals surface area contributed by atoms with Gasteiger partial charge in [-0.05, 0) is 13.8 Å². The first-order chi connectivity index (χ1) is 7.41. The van der Waals surface area contributed by atoms with Crippen LogP contribution in [-0.4, -0.2) is 60.5 Å². The third kappa shape index (κ3) is 4.78. The number of hydrogen-bond donors (Lipinski definition) is 2. The molecule has 0 aromatic rings. The molecular formula is C12H26N2O2. The maximum absolute atomic E-state index is 10.3. The molecule has 1 aliphatic heterocycles. The molecule has 0 aromatic heterocycles.